The van der Waals surface area contributed by atoms with Crippen molar-refractivity contribution in [2.45, 2.75) is 47.9 Å². The summed E-state index contributed by atoms with van der Waals surface area (Å²) in [5.74, 6) is 0. The maximum Gasteiger partial charge on any atom is 0.119 e. The van der Waals surface area contributed by atoms with Gasteiger partial charge in [-0.25, -0.2) is 0 Å². The van der Waals surface area contributed by atoms with E-state index in [-0.39, 0.29) is 6.61 Å². The van der Waals surface area contributed by atoms with Crippen molar-refractivity contribution in [2.24, 2.45) is 5.11 Å². The van der Waals surface area contributed by atoms with Crippen LogP contribution < -0.4 is 0 Å². The van der Waals surface area contributed by atoms with Crippen LogP contribution >= 0.6 is 11.8 Å². The molecule has 3 aromatic rings. The third kappa shape index (κ3) is 6.39. The topological polar surface area (TPSA) is 96.7 Å². The molecule has 1 N–H and O–H groups in total. The molecule has 1 aliphatic heterocycles. The summed E-state index contributed by atoms with van der Waals surface area (Å²) in [5, 5.41) is 14.3. The fraction of sp³-hybridized carbons (Fsp3) is 0.308. The quantitative estimate of drug-likeness (QED) is 0.241. The van der Waals surface area contributed by atoms with Gasteiger partial charge in [0, 0.05) is 9.81 Å². The second-order valence-electron chi connectivity index (χ2n) is 7.87. The van der Waals surface area contributed by atoms with Crippen LogP contribution in [-0.2, 0) is 27.4 Å². The summed E-state index contributed by atoms with van der Waals surface area (Å²) in [6.07, 6.45) is -1.89. The lowest BCUT2D eigenvalue weighted by molar-refractivity contribution is -0.206. The van der Waals surface area contributed by atoms with Gasteiger partial charge in [-0.05, 0) is 28.8 Å². The van der Waals surface area contributed by atoms with Crippen LogP contribution in [-0.4, -0.2) is 41.5 Å². The molecule has 1 saturated heterocycles. The van der Waals surface area contributed by atoms with E-state index in [1.165, 1.54) is 11.8 Å². The maximum absolute atomic E-state index is 10.2. The van der Waals surface area contributed by atoms with Gasteiger partial charge in [-0.2, -0.15) is 0 Å². The third-order valence-electron chi connectivity index (χ3n) is 5.55. The average molecular weight is 478 g/mol. The van der Waals surface area contributed by atoms with Gasteiger partial charge in [0.05, 0.1) is 25.9 Å². The Hall–Kier alpha value is -2.84. The molecular weight excluding hydrogens is 450 g/mol. The molecule has 0 unspecified atom stereocenters. The summed E-state index contributed by atoms with van der Waals surface area (Å²) in [6.45, 7) is 0.380. The van der Waals surface area contributed by atoms with Gasteiger partial charge >= 0.3 is 0 Å². The predicted octanol–water partition coefficient (Wildman–Crippen LogP) is 5.35. The molecule has 8 heteroatoms. The number of thioether (sulfide) groups is 1. The number of aliphatic hydroxyl groups excluding tert-OH is 1. The van der Waals surface area contributed by atoms with Crippen molar-refractivity contribution in [3.8, 4) is 0 Å². The minimum absolute atomic E-state index is 0.251. The number of hydrogen-bond acceptors (Lipinski definition) is 6. The zero-order valence-corrected chi connectivity index (χ0v) is 19.4. The highest BCUT2D eigenvalue weighted by molar-refractivity contribution is 7.99. The standard InChI is InChI=1S/C26H27N3O4S/c27-29-28-23-25(32-18-20-12-6-2-7-13-20)24(31-17-19-10-4-1-5-11-19)22(16-30)33-26(23)34-21-14-8-3-9-15-21/h1-15,22-26,30H,16-18H2/t22-,23-,24-,25-,26-/m0/s1. The summed E-state index contributed by atoms with van der Waals surface area (Å²) in [5.41, 5.74) is 10.8. The largest absolute Gasteiger partial charge is 0.394 e. The molecular formula is C26H27N3O4S. The first-order chi connectivity index (χ1) is 16.8. The number of aliphatic hydroxyl groups is 1. The Morgan fingerprint density at radius 1 is 0.824 bits per heavy atom. The lowest BCUT2D eigenvalue weighted by Crippen LogP contribution is -2.58. The number of rotatable bonds is 10. The minimum atomic E-state index is -0.664. The van der Waals surface area contributed by atoms with E-state index in [0.717, 1.165) is 16.0 Å². The highest BCUT2D eigenvalue weighted by Crippen LogP contribution is 2.37. The van der Waals surface area contributed by atoms with Crippen molar-refractivity contribution >= 4 is 11.8 Å². The van der Waals surface area contributed by atoms with Crippen molar-refractivity contribution < 1.29 is 19.3 Å². The molecule has 1 aliphatic rings. The number of hydrogen-bond donors (Lipinski definition) is 1. The number of azide groups is 1. The fourth-order valence-electron chi connectivity index (χ4n) is 3.88. The summed E-state index contributed by atoms with van der Waals surface area (Å²) in [4.78, 5) is 4.06. The SMILES string of the molecule is [N-]=[N+]=N[C@H]1[C@H](OCc2ccccc2)[C@@H](OCc2ccccc2)[C@H](CO)O[C@H]1Sc1ccccc1. The Bertz CT molecular complexity index is 1050. The van der Waals surface area contributed by atoms with E-state index in [9.17, 15) is 10.6 Å². The van der Waals surface area contributed by atoms with E-state index in [1.807, 2.05) is 91.0 Å². The smallest absolute Gasteiger partial charge is 0.119 e. The van der Waals surface area contributed by atoms with Gasteiger partial charge in [0.1, 0.15) is 23.7 Å². The van der Waals surface area contributed by atoms with Gasteiger partial charge in [-0.1, -0.05) is 95.7 Å². The van der Waals surface area contributed by atoms with E-state index in [1.54, 1.807) is 0 Å². The monoisotopic (exact) mass is 477 g/mol. The van der Waals surface area contributed by atoms with E-state index < -0.39 is 29.8 Å². The van der Waals surface area contributed by atoms with Gasteiger partial charge in [0.2, 0.25) is 0 Å². The van der Waals surface area contributed by atoms with E-state index in [0.29, 0.717) is 13.2 Å². The van der Waals surface area contributed by atoms with Crippen molar-refractivity contribution in [1.29, 1.82) is 0 Å². The van der Waals surface area contributed by atoms with E-state index in [4.69, 9.17) is 14.2 Å². The van der Waals surface area contributed by atoms with E-state index in [2.05, 4.69) is 10.0 Å². The molecule has 0 aromatic heterocycles. The minimum Gasteiger partial charge on any atom is -0.394 e. The normalized spacial score (nSPS) is 24.3. The number of nitrogens with zero attached hydrogens (tertiary/aromatic N) is 3. The molecule has 176 valence electrons. The van der Waals surface area contributed by atoms with Gasteiger partial charge in [0.15, 0.2) is 0 Å². The van der Waals surface area contributed by atoms with Gasteiger partial charge in [-0.15, -0.1) is 0 Å². The zero-order chi connectivity index (χ0) is 23.6. The molecule has 0 aliphatic carbocycles. The molecule has 34 heavy (non-hydrogen) atoms. The van der Waals surface area contributed by atoms with Crippen molar-refractivity contribution in [3.63, 3.8) is 0 Å². The molecule has 0 saturated carbocycles. The molecule has 1 fully saturated rings. The lowest BCUT2D eigenvalue weighted by atomic mass is 9.98. The first-order valence-electron chi connectivity index (χ1n) is 11.1. The van der Waals surface area contributed by atoms with Crippen molar-refractivity contribution in [1.82, 2.24) is 0 Å². The summed E-state index contributed by atoms with van der Waals surface area (Å²) < 4.78 is 18.8. The summed E-state index contributed by atoms with van der Waals surface area (Å²) in [6, 6.07) is 28.6. The van der Waals surface area contributed by atoms with Crippen LogP contribution in [0.25, 0.3) is 10.4 Å². The Balaban J connectivity index is 1.60. The zero-order valence-electron chi connectivity index (χ0n) is 18.6. The fourth-order valence-corrected chi connectivity index (χ4v) is 5.01. The van der Waals surface area contributed by atoms with Crippen LogP contribution in [0.5, 0.6) is 0 Å². The Labute approximate surface area is 203 Å². The van der Waals surface area contributed by atoms with Crippen molar-refractivity contribution in [2.75, 3.05) is 6.61 Å². The average Bonchev–Trinajstić information content (AvgIpc) is 2.89. The van der Waals surface area contributed by atoms with Crippen LogP contribution in [0.3, 0.4) is 0 Å². The first-order valence-corrected chi connectivity index (χ1v) is 12.0. The Morgan fingerprint density at radius 3 is 1.88 bits per heavy atom. The molecule has 0 radical (unpaired) electrons. The summed E-state index contributed by atoms with van der Waals surface area (Å²) in [7, 11) is 0. The molecule has 7 nitrogen and oxygen atoms in total. The highest BCUT2D eigenvalue weighted by atomic mass is 32.2. The molecule has 0 spiro atoms. The lowest BCUT2D eigenvalue weighted by Gasteiger charge is -2.44. The van der Waals surface area contributed by atoms with Crippen LogP contribution in [0.15, 0.2) is 101 Å². The predicted molar refractivity (Wildman–Crippen MR) is 131 cm³/mol. The van der Waals surface area contributed by atoms with Crippen molar-refractivity contribution in [3.05, 3.63) is 113 Å². The third-order valence-corrected chi connectivity index (χ3v) is 6.71. The molecule has 1 heterocycles. The van der Waals surface area contributed by atoms with Gasteiger partial charge in [-0.3, -0.25) is 0 Å². The second-order valence-corrected chi connectivity index (χ2v) is 9.05. The number of benzene rings is 3. The Kier molecular flexibility index (Phi) is 8.98. The highest BCUT2D eigenvalue weighted by Gasteiger charge is 2.47. The second kappa shape index (κ2) is 12.6. The maximum atomic E-state index is 10.2. The van der Waals surface area contributed by atoms with Crippen LogP contribution in [0.2, 0.25) is 0 Å². The number of ether oxygens (including phenoxy) is 3. The molecule has 0 bridgehead atoms. The molecule has 5 atom stereocenters. The molecule has 3 aromatic carbocycles. The van der Waals surface area contributed by atoms with Crippen LogP contribution in [0.4, 0.5) is 0 Å². The Morgan fingerprint density at radius 2 is 1.35 bits per heavy atom. The molecule has 4 rings (SSSR count). The van der Waals surface area contributed by atoms with Crippen LogP contribution in [0, 0.1) is 0 Å². The van der Waals surface area contributed by atoms with E-state index >= 15 is 0 Å². The van der Waals surface area contributed by atoms with Gasteiger partial charge in [0.25, 0.3) is 0 Å². The summed E-state index contributed by atoms with van der Waals surface area (Å²) >= 11 is 1.44. The van der Waals surface area contributed by atoms with Crippen LogP contribution in [0.1, 0.15) is 11.1 Å². The molecule has 0 amide bonds. The van der Waals surface area contributed by atoms with Gasteiger partial charge < -0.3 is 19.3 Å². The first kappa shape index (κ1) is 24.3.